The van der Waals surface area contributed by atoms with Gasteiger partial charge in [0.05, 0.1) is 24.3 Å². The summed E-state index contributed by atoms with van der Waals surface area (Å²) in [6, 6.07) is 30.7. The number of Topliss-reactive ketones (excluding diaryl/α,β-unsaturated/α-hetero) is 1. The molecule has 0 spiro atoms. The standard InChI is InChI=1S/C34H26N2O3/c1-20-29(34(38)39-2)30(31-32(35-20)25-12-5-6-13-26(25)33(31)37)27-19-36(28-14-8-7-11-24(27)28)18-21-15-16-22-9-3-4-10-23(22)17-21/h3-17,19,30,35H,18H2,1-2H3/t30-/m0/s1. The topological polar surface area (TPSA) is 60.3 Å². The summed E-state index contributed by atoms with van der Waals surface area (Å²) in [5.74, 6) is -1.05. The fraction of sp³-hybridized carbons (Fsp3) is 0.118. The first kappa shape index (κ1) is 23.2. The minimum absolute atomic E-state index is 0.0571. The average molecular weight is 511 g/mol. The first-order valence-corrected chi connectivity index (χ1v) is 13.0. The van der Waals surface area contributed by atoms with E-state index in [0.29, 0.717) is 29.0 Å². The highest BCUT2D eigenvalue weighted by atomic mass is 16.5. The van der Waals surface area contributed by atoms with Crippen LogP contribution in [0.5, 0.6) is 0 Å². The number of dihydropyridines is 1. The van der Waals surface area contributed by atoms with Gasteiger partial charge in [0.1, 0.15) is 0 Å². The number of rotatable bonds is 4. The monoisotopic (exact) mass is 510 g/mol. The summed E-state index contributed by atoms with van der Waals surface area (Å²) >= 11 is 0. The third-order valence-electron chi connectivity index (χ3n) is 7.95. The molecule has 1 N–H and O–H groups in total. The van der Waals surface area contributed by atoms with Gasteiger partial charge >= 0.3 is 5.97 Å². The summed E-state index contributed by atoms with van der Waals surface area (Å²) in [5.41, 5.74) is 7.19. The predicted molar refractivity (Wildman–Crippen MR) is 153 cm³/mol. The molecule has 5 aromatic rings. The molecular weight excluding hydrogens is 484 g/mol. The SMILES string of the molecule is COC(=O)C1=C(C)NC2=C(C(=O)c3ccccc32)[C@H]1c1cn(Cc2ccc3ccccc3c2)c2ccccc12. The van der Waals surface area contributed by atoms with Gasteiger partial charge in [0.2, 0.25) is 0 Å². The minimum atomic E-state index is -0.559. The van der Waals surface area contributed by atoms with E-state index in [0.717, 1.165) is 27.7 Å². The van der Waals surface area contributed by atoms with Crippen LogP contribution in [-0.2, 0) is 16.1 Å². The number of hydrogen-bond acceptors (Lipinski definition) is 4. The van der Waals surface area contributed by atoms with E-state index in [4.69, 9.17) is 4.74 Å². The number of carbonyl (C=O) groups is 2. The van der Waals surface area contributed by atoms with Crippen molar-refractivity contribution < 1.29 is 14.3 Å². The number of nitrogens with zero attached hydrogens (tertiary/aromatic N) is 1. The highest BCUT2D eigenvalue weighted by Gasteiger charge is 2.43. The molecule has 5 heteroatoms. The predicted octanol–water partition coefficient (Wildman–Crippen LogP) is 6.58. The van der Waals surface area contributed by atoms with Gasteiger partial charge in [0.25, 0.3) is 0 Å². The molecule has 4 aromatic carbocycles. The Hall–Kier alpha value is -4.90. The molecule has 2 aliphatic rings. The molecule has 0 radical (unpaired) electrons. The van der Waals surface area contributed by atoms with Crippen molar-refractivity contribution in [1.29, 1.82) is 0 Å². The number of allylic oxidation sites excluding steroid dienone is 2. The molecule has 2 heterocycles. The summed E-state index contributed by atoms with van der Waals surface area (Å²) in [7, 11) is 1.39. The zero-order valence-corrected chi connectivity index (χ0v) is 21.7. The number of carbonyl (C=O) groups excluding carboxylic acids is 2. The third kappa shape index (κ3) is 3.54. The highest BCUT2D eigenvalue weighted by molar-refractivity contribution is 6.23. The van der Waals surface area contributed by atoms with Gasteiger partial charge in [-0.15, -0.1) is 0 Å². The van der Waals surface area contributed by atoms with E-state index in [1.807, 2.05) is 49.4 Å². The maximum atomic E-state index is 13.9. The number of ketones is 1. The summed E-state index contributed by atoms with van der Waals surface area (Å²) < 4.78 is 7.47. The number of fused-ring (bicyclic) bond motifs is 4. The molecule has 1 aliphatic carbocycles. The van der Waals surface area contributed by atoms with Gasteiger partial charge in [0, 0.05) is 46.0 Å². The molecule has 7 rings (SSSR count). The Bertz CT molecular complexity index is 1910. The van der Waals surface area contributed by atoms with Gasteiger partial charge in [-0.25, -0.2) is 4.79 Å². The van der Waals surface area contributed by atoms with E-state index in [1.54, 1.807) is 0 Å². The first-order chi connectivity index (χ1) is 19.0. The van der Waals surface area contributed by atoms with Crippen molar-refractivity contribution in [3.05, 3.63) is 136 Å². The van der Waals surface area contributed by atoms with Crippen molar-refractivity contribution in [2.24, 2.45) is 0 Å². The molecule has 1 atom stereocenters. The van der Waals surface area contributed by atoms with E-state index in [9.17, 15) is 9.59 Å². The van der Waals surface area contributed by atoms with Crippen LogP contribution in [0.3, 0.4) is 0 Å². The quantitative estimate of drug-likeness (QED) is 0.277. The van der Waals surface area contributed by atoms with Crippen LogP contribution in [-0.4, -0.2) is 23.4 Å². The largest absolute Gasteiger partial charge is 0.466 e. The number of esters is 1. The van der Waals surface area contributed by atoms with Gasteiger partial charge in [0.15, 0.2) is 5.78 Å². The number of para-hydroxylation sites is 1. The molecular formula is C34H26N2O3. The van der Waals surface area contributed by atoms with Crippen molar-refractivity contribution in [3.8, 4) is 0 Å². The van der Waals surface area contributed by atoms with E-state index < -0.39 is 11.9 Å². The zero-order chi connectivity index (χ0) is 26.7. The maximum Gasteiger partial charge on any atom is 0.336 e. The smallest absolute Gasteiger partial charge is 0.336 e. The van der Waals surface area contributed by atoms with E-state index in [2.05, 4.69) is 64.6 Å². The molecule has 1 aromatic heterocycles. The molecule has 0 saturated carbocycles. The average Bonchev–Trinajstić information content (AvgIpc) is 3.47. The molecule has 0 amide bonds. The number of hydrogen-bond donors (Lipinski definition) is 1. The van der Waals surface area contributed by atoms with Crippen molar-refractivity contribution >= 4 is 39.1 Å². The van der Waals surface area contributed by atoms with Crippen LogP contribution < -0.4 is 5.32 Å². The maximum absolute atomic E-state index is 13.9. The lowest BCUT2D eigenvalue weighted by Gasteiger charge is -2.28. The molecule has 0 bridgehead atoms. The summed E-state index contributed by atoms with van der Waals surface area (Å²) in [6.45, 7) is 2.54. The Morgan fingerprint density at radius 1 is 0.897 bits per heavy atom. The van der Waals surface area contributed by atoms with E-state index >= 15 is 0 Å². The Kier molecular flexibility index (Phi) is 5.27. The lowest BCUT2D eigenvalue weighted by molar-refractivity contribution is -0.136. The van der Waals surface area contributed by atoms with Crippen LogP contribution in [0.1, 0.15) is 39.9 Å². The van der Waals surface area contributed by atoms with Crippen molar-refractivity contribution in [2.45, 2.75) is 19.4 Å². The van der Waals surface area contributed by atoms with Gasteiger partial charge in [-0.1, -0.05) is 78.9 Å². The fourth-order valence-corrected chi connectivity index (χ4v) is 6.19. The first-order valence-electron chi connectivity index (χ1n) is 13.0. The number of benzene rings is 4. The van der Waals surface area contributed by atoms with Crippen LogP contribution in [0.4, 0.5) is 0 Å². The van der Waals surface area contributed by atoms with Crippen molar-refractivity contribution in [3.63, 3.8) is 0 Å². The molecule has 0 fully saturated rings. The second kappa shape index (κ2) is 8.84. The summed E-state index contributed by atoms with van der Waals surface area (Å²) in [5, 5.41) is 6.78. The fourth-order valence-electron chi connectivity index (χ4n) is 6.19. The van der Waals surface area contributed by atoms with Gasteiger partial charge in [-0.3, -0.25) is 4.79 Å². The number of ether oxygens (including phenoxy) is 1. The van der Waals surface area contributed by atoms with Gasteiger partial charge in [-0.05, 0) is 41.0 Å². The molecule has 0 unspecified atom stereocenters. The van der Waals surface area contributed by atoms with Crippen LogP contribution >= 0.6 is 0 Å². The highest BCUT2D eigenvalue weighted by Crippen LogP contribution is 2.48. The molecule has 39 heavy (non-hydrogen) atoms. The Morgan fingerprint density at radius 3 is 2.44 bits per heavy atom. The zero-order valence-electron chi connectivity index (χ0n) is 21.7. The van der Waals surface area contributed by atoms with Crippen LogP contribution in [0.15, 0.2) is 114 Å². The molecule has 190 valence electrons. The van der Waals surface area contributed by atoms with E-state index in [-0.39, 0.29) is 5.78 Å². The number of nitrogens with one attached hydrogen (secondary N) is 1. The van der Waals surface area contributed by atoms with Gasteiger partial charge in [-0.2, -0.15) is 0 Å². The Labute approximate surface area is 226 Å². The second-order valence-electron chi connectivity index (χ2n) is 10.2. The number of methoxy groups -OCH3 is 1. The Balaban J connectivity index is 1.42. The lowest BCUT2D eigenvalue weighted by Crippen LogP contribution is -2.29. The lowest BCUT2D eigenvalue weighted by atomic mass is 9.79. The van der Waals surface area contributed by atoms with Crippen LogP contribution in [0.2, 0.25) is 0 Å². The third-order valence-corrected chi connectivity index (χ3v) is 7.95. The second-order valence-corrected chi connectivity index (χ2v) is 10.2. The van der Waals surface area contributed by atoms with Crippen LogP contribution in [0.25, 0.3) is 27.4 Å². The minimum Gasteiger partial charge on any atom is -0.466 e. The molecule has 5 nitrogen and oxygen atoms in total. The number of aromatic nitrogens is 1. The molecule has 0 saturated heterocycles. The molecule has 1 aliphatic heterocycles. The van der Waals surface area contributed by atoms with E-state index in [1.165, 1.54) is 23.4 Å². The van der Waals surface area contributed by atoms with Crippen molar-refractivity contribution in [2.75, 3.05) is 7.11 Å². The Morgan fingerprint density at radius 2 is 1.62 bits per heavy atom. The normalized spacial score (nSPS) is 16.5. The van der Waals surface area contributed by atoms with Crippen molar-refractivity contribution in [1.82, 2.24) is 9.88 Å². The van der Waals surface area contributed by atoms with Crippen LogP contribution in [0, 0.1) is 0 Å². The summed E-state index contributed by atoms with van der Waals surface area (Å²) in [4.78, 5) is 27.1. The van der Waals surface area contributed by atoms with Gasteiger partial charge < -0.3 is 14.6 Å². The summed E-state index contributed by atoms with van der Waals surface area (Å²) in [6.07, 6.45) is 2.10.